The van der Waals surface area contributed by atoms with E-state index in [2.05, 4.69) is 15.1 Å². The zero-order valence-electron chi connectivity index (χ0n) is 15.8. The van der Waals surface area contributed by atoms with Crippen molar-refractivity contribution in [2.45, 2.75) is 31.5 Å². The highest BCUT2D eigenvalue weighted by molar-refractivity contribution is 5.84. The van der Waals surface area contributed by atoms with Crippen molar-refractivity contribution in [3.8, 4) is 0 Å². The van der Waals surface area contributed by atoms with Crippen molar-refractivity contribution in [1.82, 2.24) is 24.6 Å². The lowest BCUT2D eigenvalue weighted by Gasteiger charge is -2.32. The van der Waals surface area contributed by atoms with Crippen LogP contribution in [0.2, 0.25) is 0 Å². The molecule has 1 aliphatic heterocycles. The number of piperidine rings is 1. The third kappa shape index (κ3) is 3.81. The fourth-order valence-electron chi connectivity index (χ4n) is 3.92. The van der Waals surface area contributed by atoms with E-state index in [1.54, 1.807) is 6.20 Å². The van der Waals surface area contributed by atoms with Gasteiger partial charge in [-0.3, -0.25) is 0 Å². The van der Waals surface area contributed by atoms with Gasteiger partial charge in [0, 0.05) is 19.6 Å². The van der Waals surface area contributed by atoms with E-state index in [0.29, 0.717) is 36.5 Å². The number of aromatic nitrogens is 4. The van der Waals surface area contributed by atoms with Crippen LogP contribution in [0.15, 0.2) is 24.7 Å². The van der Waals surface area contributed by atoms with Crippen molar-refractivity contribution in [2.75, 3.05) is 25.4 Å². The van der Waals surface area contributed by atoms with Gasteiger partial charge in [0.25, 0.3) is 0 Å². The molecule has 0 amide bonds. The van der Waals surface area contributed by atoms with Crippen LogP contribution >= 0.6 is 0 Å². The second-order valence-electron chi connectivity index (χ2n) is 7.30. The van der Waals surface area contributed by atoms with Gasteiger partial charge in [-0.05, 0) is 30.9 Å². The summed E-state index contributed by atoms with van der Waals surface area (Å²) in [4.78, 5) is 10.2. The largest absolute Gasteiger partial charge is 0.419 e. The number of benzene rings is 1. The van der Waals surface area contributed by atoms with Crippen molar-refractivity contribution in [3.63, 3.8) is 0 Å². The molecule has 3 aromatic rings. The molecule has 1 aliphatic rings. The second-order valence-corrected chi connectivity index (χ2v) is 7.30. The molecule has 30 heavy (non-hydrogen) atoms. The number of nitrogens with two attached hydrogens (primary N) is 1. The smallest absolute Gasteiger partial charge is 0.383 e. The maximum atomic E-state index is 13.8. The molecule has 0 aliphatic carbocycles. The molecule has 160 valence electrons. The molecule has 1 saturated heterocycles. The first-order chi connectivity index (χ1) is 14.3. The summed E-state index contributed by atoms with van der Waals surface area (Å²) in [5, 5.41) is 5.05. The third-order valence-electron chi connectivity index (χ3n) is 5.49. The lowest BCUT2D eigenvalue weighted by atomic mass is 10.0. The van der Waals surface area contributed by atoms with Crippen LogP contribution in [-0.2, 0) is 12.6 Å². The summed E-state index contributed by atoms with van der Waals surface area (Å²) in [6.07, 6.45) is -0.510. The quantitative estimate of drug-likeness (QED) is 0.646. The molecule has 1 fully saturated rings. The lowest BCUT2D eigenvalue weighted by Crippen LogP contribution is -2.36. The molecule has 0 spiro atoms. The predicted octanol–water partition coefficient (Wildman–Crippen LogP) is 3.59. The van der Waals surface area contributed by atoms with Gasteiger partial charge < -0.3 is 10.6 Å². The first-order valence-corrected chi connectivity index (χ1v) is 9.46. The van der Waals surface area contributed by atoms with Gasteiger partial charge >= 0.3 is 6.18 Å². The molecule has 0 saturated carbocycles. The molecule has 0 radical (unpaired) electrons. The Morgan fingerprint density at radius 1 is 1.10 bits per heavy atom. The average molecular weight is 426 g/mol. The molecular formula is C19H19F5N6. The van der Waals surface area contributed by atoms with E-state index < -0.39 is 23.4 Å². The highest BCUT2D eigenvalue weighted by atomic mass is 19.4. The number of alkyl halides is 3. The zero-order chi connectivity index (χ0) is 21.5. The minimum absolute atomic E-state index is 0.0226. The van der Waals surface area contributed by atoms with E-state index >= 15 is 0 Å². The van der Waals surface area contributed by atoms with Crippen LogP contribution < -0.4 is 5.73 Å². The first-order valence-electron chi connectivity index (χ1n) is 9.46. The fourth-order valence-corrected chi connectivity index (χ4v) is 3.92. The minimum atomic E-state index is -4.95. The number of fused-ring (bicyclic) bond motifs is 1. The molecule has 6 nitrogen and oxygen atoms in total. The molecule has 11 heteroatoms. The number of hydrogen-bond acceptors (Lipinski definition) is 5. The number of hydrogen-bond donors (Lipinski definition) is 1. The summed E-state index contributed by atoms with van der Waals surface area (Å²) < 4.78 is 68.4. The topological polar surface area (TPSA) is 72.9 Å². The van der Waals surface area contributed by atoms with Gasteiger partial charge in [0.15, 0.2) is 17.3 Å². The van der Waals surface area contributed by atoms with Gasteiger partial charge in [-0.25, -0.2) is 23.4 Å². The standard InChI is InChI=1S/C19H19F5N6/c20-14-2-1-11(15(16(14)21)19(22,23)24)3-6-29-7-4-12(5-8-29)30-18-13(9-28-30)17(25)26-10-27-18/h1-2,9-10,12H,3-8H2,(H2,25,26,27). The summed E-state index contributed by atoms with van der Waals surface area (Å²) in [5.41, 5.74) is 4.73. The van der Waals surface area contributed by atoms with Gasteiger partial charge in [0.05, 0.1) is 23.2 Å². The lowest BCUT2D eigenvalue weighted by molar-refractivity contribution is -0.141. The third-order valence-corrected chi connectivity index (χ3v) is 5.49. The molecule has 2 aromatic heterocycles. The number of anilines is 1. The Morgan fingerprint density at radius 3 is 2.53 bits per heavy atom. The molecular weight excluding hydrogens is 407 g/mol. The molecule has 0 bridgehead atoms. The molecule has 0 unspecified atom stereocenters. The van der Waals surface area contributed by atoms with Crippen molar-refractivity contribution < 1.29 is 22.0 Å². The van der Waals surface area contributed by atoms with Crippen molar-refractivity contribution in [1.29, 1.82) is 0 Å². The maximum Gasteiger partial charge on any atom is 0.419 e. The zero-order valence-corrected chi connectivity index (χ0v) is 15.8. The maximum absolute atomic E-state index is 13.8. The normalized spacial score (nSPS) is 16.4. The summed E-state index contributed by atoms with van der Waals surface area (Å²) in [5.74, 6) is -2.98. The number of likely N-dealkylation sites (tertiary alicyclic amines) is 1. The Kier molecular flexibility index (Phi) is 5.31. The van der Waals surface area contributed by atoms with Gasteiger partial charge in [0.2, 0.25) is 0 Å². The van der Waals surface area contributed by atoms with Crippen LogP contribution in [0.5, 0.6) is 0 Å². The van der Waals surface area contributed by atoms with E-state index in [-0.39, 0.29) is 18.0 Å². The highest BCUT2D eigenvalue weighted by Gasteiger charge is 2.38. The predicted molar refractivity (Wildman–Crippen MR) is 99.5 cm³/mol. The van der Waals surface area contributed by atoms with Gasteiger partial charge in [0.1, 0.15) is 12.1 Å². The Bertz CT molecular complexity index is 1060. The summed E-state index contributed by atoms with van der Waals surface area (Å²) >= 11 is 0. The van der Waals surface area contributed by atoms with Crippen LogP contribution in [0.25, 0.3) is 11.0 Å². The summed E-state index contributed by atoms with van der Waals surface area (Å²) in [7, 11) is 0. The van der Waals surface area contributed by atoms with Crippen molar-refractivity contribution >= 4 is 16.9 Å². The summed E-state index contributed by atoms with van der Waals surface area (Å²) in [6, 6.07) is 1.83. The average Bonchev–Trinajstić information content (AvgIpc) is 3.14. The number of halogens is 5. The molecule has 1 aromatic carbocycles. The minimum Gasteiger partial charge on any atom is -0.383 e. The van der Waals surface area contributed by atoms with Crippen molar-refractivity contribution in [3.05, 3.63) is 47.4 Å². The molecule has 2 N–H and O–H groups in total. The Balaban J connectivity index is 1.41. The fraction of sp³-hybridized carbons (Fsp3) is 0.421. The second kappa shape index (κ2) is 7.78. The monoisotopic (exact) mass is 426 g/mol. The van der Waals surface area contributed by atoms with E-state index in [1.165, 1.54) is 6.33 Å². The Morgan fingerprint density at radius 2 is 1.83 bits per heavy atom. The van der Waals surface area contributed by atoms with E-state index in [0.717, 1.165) is 25.0 Å². The van der Waals surface area contributed by atoms with Crippen LogP contribution in [-0.4, -0.2) is 44.3 Å². The number of nitrogens with zero attached hydrogens (tertiary/aromatic N) is 5. The molecule has 3 heterocycles. The van der Waals surface area contributed by atoms with Crippen molar-refractivity contribution in [2.24, 2.45) is 0 Å². The van der Waals surface area contributed by atoms with Gasteiger partial charge in [-0.15, -0.1) is 0 Å². The Hall–Kier alpha value is -2.82. The highest BCUT2D eigenvalue weighted by Crippen LogP contribution is 2.35. The summed E-state index contributed by atoms with van der Waals surface area (Å²) in [6.45, 7) is 1.59. The van der Waals surface area contributed by atoms with Crippen LogP contribution in [0, 0.1) is 11.6 Å². The van der Waals surface area contributed by atoms with Crippen LogP contribution in [0.3, 0.4) is 0 Å². The Labute approximate surface area is 168 Å². The number of rotatable bonds is 4. The van der Waals surface area contributed by atoms with Gasteiger partial charge in [-0.1, -0.05) is 6.07 Å². The number of nitrogen functional groups attached to an aromatic ring is 1. The van der Waals surface area contributed by atoms with E-state index in [9.17, 15) is 22.0 Å². The molecule has 0 atom stereocenters. The first kappa shape index (κ1) is 20.5. The van der Waals surface area contributed by atoms with Crippen LogP contribution in [0.1, 0.15) is 30.0 Å². The van der Waals surface area contributed by atoms with Gasteiger partial charge in [-0.2, -0.15) is 18.3 Å². The molecule has 4 rings (SSSR count). The SMILES string of the molecule is Nc1ncnc2c1cnn2C1CCN(CCc2ccc(F)c(F)c2C(F)(F)F)CC1. The van der Waals surface area contributed by atoms with E-state index in [4.69, 9.17) is 5.73 Å². The van der Waals surface area contributed by atoms with Crippen LogP contribution in [0.4, 0.5) is 27.8 Å². The van der Waals surface area contributed by atoms with E-state index in [1.807, 2.05) is 9.58 Å².